The average molecular weight is 645 g/mol. The number of sulfone groups is 1. The Balaban J connectivity index is 1.19. The van der Waals surface area contributed by atoms with Gasteiger partial charge >= 0.3 is 0 Å². The number of benzene rings is 2. The molecule has 2 amide bonds. The van der Waals surface area contributed by atoms with Crippen molar-refractivity contribution in [3.8, 4) is 5.75 Å². The molecule has 1 atom stereocenters. The number of nitrogens with zero attached hydrogens (tertiary/aromatic N) is 2. The van der Waals surface area contributed by atoms with Gasteiger partial charge in [-0.1, -0.05) is 19.3 Å². The number of amides is 2. The van der Waals surface area contributed by atoms with E-state index in [4.69, 9.17) is 9.47 Å². The number of morpholine rings is 1. The number of nitrogens with one attached hydrogen (secondary N) is 2. The first-order valence-corrected chi connectivity index (χ1v) is 17.4. The van der Waals surface area contributed by atoms with Crippen molar-refractivity contribution in [1.29, 1.82) is 0 Å². The topological polar surface area (TPSA) is 134 Å². The summed E-state index contributed by atoms with van der Waals surface area (Å²) >= 11 is 0. The van der Waals surface area contributed by atoms with Gasteiger partial charge in [0.1, 0.15) is 23.7 Å². The molecule has 45 heavy (non-hydrogen) atoms. The molecule has 11 nitrogen and oxygen atoms in total. The van der Waals surface area contributed by atoms with Crippen LogP contribution in [0.3, 0.4) is 0 Å². The molecular weight excluding hydrogens is 603 g/mol. The Kier molecular flexibility index (Phi) is 10.4. The summed E-state index contributed by atoms with van der Waals surface area (Å²) in [6, 6.07) is 9.50. The van der Waals surface area contributed by atoms with Gasteiger partial charge in [0, 0.05) is 38.0 Å². The average Bonchev–Trinajstić information content (AvgIpc) is 3.03. The first-order chi connectivity index (χ1) is 21.5. The molecule has 2 saturated heterocycles. The summed E-state index contributed by atoms with van der Waals surface area (Å²) in [4.78, 5) is 43.9. The minimum Gasteiger partial charge on any atom is -0.492 e. The maximum atomic E-state index is 13.8. The number of anilines is 1. The fraction of sp³-hybridized carbons (Fsp3) is 0.531. The van der Waals surface area contributed by atoms with Gasteiger partial charge in [0.25, 0.3) is 5.91 Å². The van der Waals surface area contributed by atoms with Crippen LogP contribution in [0.5, 0.6) is 5.75 Å². The lowest BCUT2D eigenvalue weighted by atomic mass is 9.80. The Bertz CT molecular complexity index is 1490. The molecule has 3 aliphatic rings. The molecule has 1 aliphatic carbocycles. The molecule has 1 unspecified atom stereocenters. The van der Waals surface area contributed by atoms with E-state index in [2.05, 4.69) is 15.5 Å². The smallest absolute Gasteiger partial charge is 0.252 e. The van der Waals surface area contributed by atoms with E-state index in [-0.39, 0.29) is 41.8 Å². The molecule has 0 bridgehead atoms. The summed E-state index contributed by atoms with van der Waals surface area (Å²) in [7, 11) is -3.74. The Hall–Kier alpha value is -3.55. The summed E-state index contributed by atoms with van der Waals surface area (Å²) in [6.07, 6.45) is 4.60. The number of carbonyl (C=O) groups excluding carboxylic acids is 3. The van der Waals surface area contributed by atoms with Gasteiger partial charge < -0.3 is 25.0 Å². The summed E-state index contributed by atoms with van der Waals surface area (Å²) in [5.74, 6) is -1.10. The van der Waals surface area contributed by atoms with Gasteiger partial charge in [0.2, 0.25) is 5.91 Å². The highest BCUT2D eigenvalue weighted by Crippen LogP contribution is 2.31. The Morgan fingerprint density at radius 1 is 1.04 bits per heavy atom. The number of hydrogen-bond acceptors (Lipinski definition) is 9. The number of hydrogen-bond donors (Lipinski definition) is 2. The van der Waals surface area contributed by atoms with Crippen molar-refractivity contribution in [2.75, 3.05) is 63.7 Å². The zero-order valence-corrected chi connectivity index (χ0v) is 26.4. The van der Waals surface area contributed by atoms with Crippen LogP contribution in [-0.4, -0.2) is 101 Å². The zero-order valence-electron chi connectivity index (χ0n) is 25.6. The van der Waals surface area contributed by atoms with Crippen LogP contribution in [0.2, 0.25) is 0 Å². The summed E-state index contributed by atoms with van der Waals surface area (Å²) in [6.45, 7) is 4.67. The molecule has 1 saturated carbocycles. The van der Waals surface area contributed by atoms with E-state index in [1.807, 2.05) is 0 Å². The van der Waals surface area contributed by atoms with Crippen LogP contribution < -0.4 is 20.3 Å². The van der Waals surface area contributed by atoms with E-state index in [9.17, 15) is 27.2 Å². The quantitative estimate of drug-likeness (QED) is 0.400. The van der Waals surface area contributed by atoms with Gasteiger partial charge in [0.15, 0.2) is 15.6 Å². The Morgan fingerprint density at radius 3 is 2.42 bits per heavy atom. The summed E-state index contributed by atoms with van der Waals surface area (Å²) in [5, 5.41) is 5.87. The SMILES string of the molecule is CS(=O)(=O)c1cc(F)ccc1N1CCC(NC(=O)C2(NC(=O)c3ccc(OCCN4CCOCC4)cc3)CCCCC2)C(=O)C1. The van der Waals surface area contributed by atoms with Crippen molar-refractivity contribution < 1.29 is 36.7 Å². The van der Waals surface area contributed by atoms with E-state index in [0.29, 0.717) is 30.8 Å². The van der Waals surface area contributed by atoms with E-state index in [0.717, 1.165) is 70.5 Å². The van der Waals surface area contributed by atoms with Crippen molar-refractivity contribution in [3.63, 3.8) is 0 Å². The maximum absolute atomic E-state index is 13.8. The van der Waals surface area contributed by atoms with E-state index < -0.39 is 33.1 Å². The second-order valence-electron chi connectivity index (χ2n) is 12.0. The fourth-order valence-corrected chi connectivity index (χ4v) is 7.10. The predicted octanol–water partition coefficient (Wildman–Crippen LogP) is 2.34. The van der Waals surface area contributed by atoms with Crippen LogP contribution in [-0.2, 0) is 24.2 Å². The molecule has 2 aromatic rings. The molecule has 0 radical (unpaired) electrons. The number of ether oxygens (including phenoxy) is 2. The van der Waals surface area contributed by atoms with Gasteiger partial charge in [-0.25, -0.2) is 12.8 Å². The number of halogens is 1. The van der Waals surface area contributed by atoms with Crippen molar-refractivity contribution in [3.05, 3.63) is 53.8 Å². The number of piperidine rings is 1. The van der Waals surface area contributed by atoms with Crippen molar-refractivity contribution in [2.45, 2.75) is 55.0 Å². The maximum Gasteiger partial charge on any atom is 0.252 e. The minimum absolute atomic E-state index is 0.140. The van der Waals surface area contributed by atoms with Crippen LogP contribution in [0.15, 0.2) is 47.4 Å². The van der Waals surface area contributed by atoms with Gasteiger partial charge in [-0.2, -0.15) is 0 Å². The van der Waals surface area contributed by atoms with Crippen molar-refractivity contribution in [2.24, 2.45) is 0 Å². The van der Waals surface area contributed by atoms with Crippen LogP contribution >= 0.6 is 0 Å². The lowest BCUT2D eigenvalue weighted by molar-refractivity contribution is -0.133. The monoisotopic (exact) mass is 644 g/mol. The van der Waals surface area contributed by atoms with Gasteiger partial charge in [-0.15, -0.1) is 0 Å². The van der Waals surface area contributed by atoms with Crippen LogP contribution in [0, 0.1) is 5.82 Å². The molecule has 244 valence electrons. The summed E-state index contributed by atoms with van der Waals surface area (Å²) in [5.41, 5.74) is -0.499. The molecule has 0 aromatic heterocycles. The lowest BCUT2D eigenvalue weighted by Gasteiger charge is -2.39. The zero-order chi connectivity index (χ0) is 32.0. The van der Waals surface area contributed by atoms with E-state index in [1.54, 1.807) is 29.2 Å². The number of rotatable bonds is 10. The van der Waals surface area contributed by atoms with Gasteiger partial charge in [0.05, 0.1) is 36.4 Å². The Morgan fingerprint density at radius 2 is 1.76 bits per heavy atom. The first kappa shape index (κ1) is 32.8. The lowest BCUT2D eigenvalue weighted by Crippen LogP contribution is -2.63. The minimum atomic E-state index is -3.74. The third kappa shape index (κ3) is 8.19. The number of carbonyl (C=O) groups is 3. The molecule has 2 aromatic carbocycles. The van der Waals surface area contributed by atoms with E-state index in [1.165, 1.54) is 6.07 Å². The standard InChI is InChI=1S/C32H41FN4O7S/c1-45(41,42)29-21-24(33)7-10-27(29)37-14-11-26(28(38)22-37)34-31(40)32(12-3-2-4-13-32)35-30(39)23-5-8-25(9-6-23)44-20-17-36-15-18-43-19-16-36/h5-10,21,26H,2-4,11-20,22H2,1H3,(H,34,40)(H,35,39). The Labute approximate surface area is 263 Å². The third-order valence-electron chi connectivity index (χ3n) is 8.78. The van der Waals surface area contributed by atoms with Crippen LogP contribution in [0.25, 0.3) is 0 Å². The highest BCUT2D eigenvalue weighted by atomic mass is 32.2. The van der Waals surface area contributed by atoms with Crippen LogP contribution in [0.4, 0.5) is 10.1 Å². The third-order valence-corrected chi connectivity index (χ3v) is 9.91. The van der Waals surface area contributed by atoms with Crippen molar-refractivity contribution in [1.82, 2.24) is 15.5 Å². The largest absolute Gasteiger partial charge is 0.492 e. The first-order valence-electron chi connectivity index (χ1n) is 15.5. The second-order valence-corrected chi connectivity index (χ2v) is 14.0. The highest BCUT2D eigenvalue weighted by Gasteiger charge is 2.43. The summed E-state index contributed by atoms with van der Waals surface area (Å²) < 4.78 is 49.6. The molecule has 0 spiro atoms. The van der Waals surface area contributed by atoms with E-state index >= 15 is 0 Å². The van der Waals surface area contributed by atoms with Crippen LogP contribution in [0.1, 0.15) is 48.9 Å². The molecule has 13 heteroatoms. The second kappa shape index (κ2) is 14.3. The molecule has 2 N–H and O–H groups in total. The van der Waals surface area contributed by atoms with Crippen molar-refractivity contribution >= 4 is 33.1 Å². The number of Topliss-reactive ketones (excluding diaryl/α,β-unsaturated/α-hetero) is 1. The number of ketones is 1. The predicted molar refractivity (Wildman–Crippen MR) is 166 cm³/mol. The molecule has 2 heterocycles. The van der Waals surface area contributed by atoms with Gasteiger partial charge in [-0.05, 0) is 61.7 Å². The highest BCUT2D eigenvalue weighted by molar-refractivity contribution is 7.90. The molecule has 5 rings (SSSR count). The fourth-order valence-electron chi connectivity index (χ4n) is 6.20. The normalized spacial score (nSPS) is 20.8. The molecule has 3 fully saturated rings. The molecule has 2 aliphatic heterocycles. The van der Waals surface area contributed by atoms with Gasteiger partial charge in [-0.3, -0.25) is 19.3 Å². The molecular formula is C32H41FN4O7S.